The van der Waals surface area contributed by atoms with Crippen LogP contribution in [0.4, 0.5) is 0 Å². The maximum absolute atomic E-state index is 5.58. The van der Waals surface area contributed by atoms with Gasteiger partial charge in [0.1, 0.15) is 4.99 Å². The lowest BCUT2D eigenvalue weighted by Crippen LogP contribution is -2.26. The first kappa shape index (κ1) is 12.4. The van der Waals surface area contributed by atoms with Crippen molar-refractivity contribution in [3.05, 3.63) is 29.6 Å². The Morgan fingerprint density at radius 1 is 1.47 bits per heavy atom. The van der Waals surface area contributed by atoms with Gasteiger partial charge < -0.3 is 10.5 Å². The third-order valence-corrected chi connectivity index (χ3v) is 3.01. The Morgan fingerprint density at radius 2 is 2.35 bits per heavy atom. The van der Waals surface area contributed by atoms with E-state index in [4.69, 9.17) is 22.7 Å². The summed E-state index contributed by atoms with van der Waals surface area (Å²) in [4.78, 5) is 6.87. The summed E-state index contributed by atoms with van der Waals surface area (Å²) in [6, 6.07) is 3.97. The van der Waals surface area contributed by atoms with E-state index in [2.05, 4.69) is 9.88 Å². The quantitative estimate of drug-likeness (QED) is 0.810. The van der Waals surface area contributed by atoms with Crippen molar-refractivity contribution < 1.29 is 4.74 Å². The van der Waals surface area contributed by atoms with Crippen molar-refractivity contribution >= 4 is 17.2 Å². The molecule has 1 aliphatic heterocycles. The first-order valence-corrected chi connectivity index (χ1v) is 6.21. The van der Waals surface area contributed by atoms with Gasteiger partial charge in [0, 0.05) is 32.4 Å². The second-order valence-corrected chi connectivity index (χ2v) is 4.60. The van der Waals surface area contributed by atoms with E-state index in [-0.39, 0.29) is 0 Å². The summed E-state index contributed by atoms with van der Waals surface area (Å²) in [5, 5.41) is 0. The van der Waals surface area contributed by atoms with Gasteiger partial charge in [0.2, 0.25) is 0 Å². The molecule has 0 amide bonds. The maximum Gasteiger partial charge on any atom is 0.122 e. The van der Waals surface area contributed by atoms with E-state index in [1.807, 2.05) is 12.1 Å². The summed E-state index contributed by atoms with van der Waals surface area (Å²) >= 11 is 4.93. The smallest absolute Gasteiger partial charge is 0.122 e. The van der Waals surface area contributed by atoms with Crippen LogP contribution in [0.25, 0.3) is 0 Å². The van der Waals surface area contributed by atoms with E-state index in [1.165, 1.54) is 5.56 Å². The topological polar surface area (TPSA) is 51.4 Å². The SMILES string of the molecule is NC(=S)c1cc(CN2CCCOCC2)ccn1. The Labute approximate surface area is 107 Å². The van der Waals surface area contributed by atoms with Gasteiger partial charge in [-0.05, 0) is 24.1 Å². The van der Waals surface area contributed by atoms with Crippen LogP contribution in [0.1, 0.15) is 17.7 Å². The molecule has 0 saturated carbocycles. The monoisotopic (exact) mass is 251 g/mol. The Balaban J connectivity index is 2.01. The number of thiocarbonyl (C=S) groups is 1. The highest BCUT2D eigenvalue weighted by molar-refractivity contribution is 7.80. The first-order valence-electron chi connectivity index (χ1n) is 5.80. The fourth-order valence-electron chi connectivity index (χ4n) is 1.92. The lowest BCUT2D eigenvalue weighted by molar-refractivity contribution is 0.140. The van der Waals surface area contributed by atoms with E-state index in [9.17, 15) is 0 Å². The maximum atomic E-state index is 5.58. The van der Waals surface area contributed by atoms with Gasteiger partial charge in [-0.2, -0.15) is 0 Å². The lowest BCUT2D eigenvalue weighted by Gasteiger charge is -2.19. The molecule has 92 valence electrons. The normalized spacial score (nSPS) is 17.6. The van der Waals surface area contributed by atoms with Crippen LogP contribution in [-0.2, 0) is 11.3 Å². The predicted molar refractivity (Wildman–Crippen MR) is 70.8 cm³/mol. The number of nitrogens with two attached hydrogens (primary N) is 1. The molecule has 4 nitrogen and oxygen atoms in total. The van der Waals surface area contributed by atoms with E-state index < -0.39 is 0 Å². The Bertz CT molecular complexity index is 389. The van der Waals surface area contributed by atoms with Gasteiger partial charge >= 0.3 is 0 Å². The first-order chi connectivity index (χ1) is 8.25. The molecule has 1 saturated heterocycles. The van der Waals surface area contributed by atoms with Gasteiger partial charge in [0.05, 0.1) is 12.3 Å². The zero-order valence-corrected chi connectivity index (χ0v) is 10.6. The molecule has 1 aromatic heterocycles. The number of nitrogens with zero attached hydrogens (tertiary/aromatic N) is 2. The van der Waals surface area contributed by atoms with Crippen molar-refractivity contribution in [3.8, 4) is 0 Å². The van der Waals surface area contributed by atoms with E-state index in [0.717, 1.165) is 39.3 Å². The molecule has 0 unspecified atom stereocenters. The van der Waals surface area contributed by atoms with Crippen molar-refractivity contribution in [2.24, 2.45) is 5.73 Å². The van der Waals surface area contributed by atoms with Crippen LogP contribution in [0, 0.1) is 0 Å². The number of pyridine rings is 1. The Kier molecular flexibility index (Phi) is 4.42. The van der Waals surface area contributed by atoms with Crippen LogP contribution in [0.2, 0.25) is 0 Å². The molecule has 0 radical (unpaired) electrons. The second kappa shape index (κ2) is 6.05. The highest BCUT2D eigenvalue weighted by atomic mass is 32.1. The van der Waals surface area contributed by atoms with Crippen LogP contribution in [0.3, 0.4) is 0 Å². The van der Waals surface area contributed by atoms with Crippen molar-refractivity contribution in [1.29, 1.82) is 0 Å². The van der Waals surface area contributed by atoms with Crippen molar-refractivity contribution in [2.75, 3.05) is 26.3 Å². The Morgan fingerprint density at radius 3 is 3.18 bits per heavy atom. The summed E-state index contributed by atoms with van der Waals surface area (Å²) in [7, 11) is 0. The molecule has 2 N–H and O–H groups in total. The summed E-state index contributed by atoms with van der Waals surface area (Å²) in [5.74, 6) is 0. The third-order valence-electron chi connectivity index (χ3n) is 2.80. The fraction of sp³-hybridized carbons (Fsp3) is 0.500. The minimum atomic E-state index is 0.353. The summed E-state index contributed by atoms with van der Waals surface area (Å²) in [5.41, 5.74) is 7.47. The molecule has 17 heavy (non-hydrogen) atoms. The molecular weight excluding hydrogens is 234 g/mol. The molecule has 0 spiro atoms. The van der Waals surface area contributed by atoms with Gasteiger partial charge in [-0.25, -0.2) is 0 Å². The molecule has 0 aliphatic carbocycles. The molecule has 1 fully saturated rings. The van der Waals surface area contributed by atoms with Crippen molar-refractivity contribution in [2.45, 2.75) is 13.0 Å². The van der Waals surface area contributed by atoms with Gasteiger partial charge in [0.15, 0.2) is 0 Å². The third kappa shape index (κ3) is 3.73. The highest BCUT2D eigenvalue weighted by Crippen LogP contribution is 2.08. The molecule has 1 aliphatic rings. The molecule has 2 rings (SSSR count). The summed E-state index contributed by atoms with van der Waals surface area (Å²) in [6.07, 6.45) is 2.85. The molecule has 5 heteroatoms. The average molecular weight is 251 g/mol. The zero-order valence-electron chi connectivity index (χ0n) is 9.76. The molecule has 2 heterocycles. The van der Waals surface area contributed by atoms with Gasteiger partial charge in [-0.3, -0.25) is 9.88 Å². The highest BCUT2D eigenvalue weighted by Gasteiger charge is 2.10. The molecule has 1 aromatic rings. The van der Waals surface area contributed by atoms with E-state index >= 15 is 0 Å². The number of aromatic nitrogens is 1. The number of ether oxygens (including phenoxy) is 1. The average Bonchev–Trinajstić information content (AvgIpc) is 2.58. The number of hydrogen-bond donors (Lipinski definition) is 1. The van der Waals surface area contributed by atoms with Crippen LogP contribution in [0.15, 0.2) is 18.3 Å². The van der Waals surface area contributed by atoms with Crippen molar-refractivity contribution in [3.63, 3.8) is 0 Å². The molecular formula is C12H17N3OS. The minimum absolute atomic E-state index is 0.353. The molecule has 0 atom stereocenters. The van der Waals surface area contributed by atoms with Crippen LogP contribution < -0.4 is 5.73 Å². The van der Waals surface area contributed by atoms with Gasteiger partial charge in [0.25, 0.3) is 0 Å². The Hall–Kier alpha value is -1.04. The predicted octanol–water partition coefficient (Wildman–Crippen LogP) is 0.938. The number of hydrogen-bond acceptors (Lipinski definition) is 4. The fourth-order valence-corrected chi connectivity index (χ4v) is 2.03. The lowest BCUT2D eigenvalue weighted by atomic mass is 10.2. The van der Waals surface area contributed by atoms with Crippen LogP contribution in [-0.4, -0.2) is 41.2 Å². The standard InChI is InChI=1S/C12H17N3OS/c13-12(17)11-8-10(2-3-14-11)9-15-4-1-6-16-7-5-15/h2-3,8H,1,4-7,9H2,(H2,13,17). The van der Waals surface area contributed by atoms with Gasteiger partial charge in [-0.15, -0.1) is 0 Å². The minimum Gasteiger partial charge on any atom is -0.388 e. The van der Waals surface area contributed by atoms with Gasteiger partial charge in [-0.1, -0.05) is 12.2 Å². The van der Waals surface area contributed by atoms with E-state index in [1.54, 1.807) is 6.20 Å². The summed E-state index contributed by atoms with van der Waals surface area (Å²) < 4.78 is 5.43. The molecule has 0 aromatic carbocycles. The second-order valence-electron chi connectivity index (χ2n) is 4.16. The van der Waals surface area contributed by atoms with Crippen LogP contribution in [0.5, 0.6) is 0 Å². The largest absolute Gasteiger partial charge is 0.388 e. The zero-order chi connectivity index (χ0) is 12.1. The summed E-state index contributed by atoms with van der Waals surface area (Å²) in [6.45, 7) is 4.63. The number of rotatable bonds is 3. The van der Waals surface area contributed by atoms with Crippen LogP contribution >= 0.6 is 12.2 Å². The van der Waals surface area contributed by atoms with E-state index in [0.29, 0.717) is 10.7 Å². The molecule has 0 bridgehead atoms. The van der Waals surface area contributed by atoms with Crippen molar-refractivity contribution in [1.82, 2.24) is 9.88 Å².